The summed E-state index contributed by atoms with van der Waals surface area (Å²) in [5, 5.41) is 0. The molecule has 1 saturated carbocycles. The summed E-state index contributed by atoms with van der Waals surface area (Å²) in [5.74, 6) is 3.00. The van der Waals surface area contributed by atoms with Crippen molar-refractivity contribution < 1.29 is 4.79 Å². The monoisotopic (exact) mass is 434 g/mol. The number of hydrogen-bond acceptors (Lipinski definition) is 4. The summed E-state index contributed by atoms with van der Waals surface area (Å²) in [6.07, 6.45) is 5.22. The van der Waals surface area contributed by atoms with Crippen molar-refractivity contribution in [2.45, 2.75) is 72.6 Å². The molecule has 1 aromatic heterocycles. The lowest BCUT2D eigenvalue weighted by Gasteiger charge is -2.39. The fourth-order valence-electron chi connectivity index (χ4n) is 4.71. The zero-order valence-corrected chi connectivity index (χ0v) is 20.4. The lowest BCUT2D eigenvalue weighted by atomic mass is 9.84. The van der Waals surface area contributed by atoms with Crippen LogP contribution < -0.4 is 4.90 Å². The van der Waals surface area contributed by atoms with Gasteiger partial charge in [-0.05, 0) is 51.2 Å². The van der Waals surface area contributed by atoms with E-state index in [1.165, 1.54) is 28.7 Å². The summed E-state index contributed by atoms with van der Waals surface area (Å²) < 4.78 is 0. The second kappa shape index (κ2) is 9.60. The van der Waals surface area contributed by atoms with Crippen LogP contribution in [0.25, 0.3) is 0 Å². The van der Waals surface area contributed by atoms with Crippen molar-refractivity contribution in [1.29, 1.82) is 0 Å². The first-order chi connectivity index (χ1) is 15.4. The van der Waals surface area contributed by atoms with Gasteiger partial charge in [0.25, 0.3) is 0 Å². The fraction of sp³-hybridized carbons (Fsp3) is 0.593. The summed E-state index contributed by atoms with van der Waals surface area (Å²) in [6, 6.07) is 6.67. The number of hydrogen-bond donors (Lipinski definition) is 0. The van der Waals surface area contributed by atoms with Crippen LogP contribution in [0, 0.1) is 26.7 Å². The van der Waals surface area contributed by atoms with Gasteiger partial charge >= 0.3 is 0 Å². The quantitative estimate of drug-likeness (QED) is 0.645. The van der Waals surface area contributed by atoms with Crippen LogP contribution in [0.3, 0.4) is 0 Å². The minimum Gasteiger partial charge on any atom is -0.353 e. The van der Waals surface area contributed by atoms with Crippen molar-refractivity contribution in [3.05, 3.63) is 52.0 Å². The minimum atomic E-state index is 0.278. The van der Waals surface area contributed by atoms with Gasteiger partial charge in [0.05, 0.1) is 0 Å². The highest BCUT2D eigenvalue weighted by molar-refractivity contribution is 5.80. The molecule has 1 aliphatic heterocycles. The third-order valence-electron chi connectivity index (χ3n) is 7.48. The number of rotatable bonds is 6. The molecule has 5 nitrogen and oxygen atoms in total. The Bertz CT molecular complexity index is 974. The van der Waals surface area contributed by atoms with Crippen molar-refractivity contribution in [3.8, 4) is 0 Å². The van der Waals surface area contributed by atoms with E-state index in [0.717, 1.165) is 69.2 Å². The Labute approximate surface area is 193 Å². The lowest BCUT2D eigenvalue weighted by Crippen LogP contribution is -2.51. The van der Waals surface area contributed by atoms with Crippen LogP contribution in [-0.2, 0) is 11.2 Å². The maximum atomic E-state index is 12.7. The maximum absolute atomic E-state index is 12.7. The second-order valence-electron chi connectivity index (χ2n) is 9.83. The molecule has 172 valence electrons. The van der Waals surface area contributed by atoms with Crippen molar-refractivity contribution in [2.24, 2.45) is 5.92 Å². The van der Waals surface area contributed by atoms with Gasteiger partial charge in [-0.3, -0.25) is 4.79 Å². The fourth-order valence-corrected chi connectivity index (χ4v) is 4.71. The normalized spacial score (nSPS) is 17.9. The number of amides is 1. The van der Waals surface area contributed by atoms with Gasteiger partial charge in [-0.1, -0.05) is 44.0 Å². The molecule has 0 unspecified atom stereocenters. The van der Waals surface area contributed by atoms with Gasteiger partial charge in [-0.2, -0.15) is 0 Å². The van der Waals surface area contributed by atoms with Crippen LogP contribution in [0.15, 0.2) is 18.2 Å². The molecule has 2 heterocycles. The average molecular weight is 435 g/mol. The lowest BCUT2D eigenvalue weighted by molar-refractivity contribution is -0.138. The van der Waals surface area contributed by atoms with Crippen LogP contribution in [0.2, 0.25) is 0 Å². The standard InChI is InChI=1S/C27H38N4O/c1-6-19(3)25-28-21(5)24(17-23-16-18(2)10-11-20(23)4)26(29-25)30-12-14-31(15-13-30)27(32)22-8-7-9-22/h10-11,16,19,22H,6-9,12-15,17H2,1-5H3/t19-/m0/s1. The molecule has 1 aromatic carbocycles. The first kappa shape index (κ1) is 22.8. The largest absolute Gasteiger partial charge is 0.353 e. The Morgan fingerprint density at radius 1 is 1.09 bits per heavy atom. The summed E-state index contributed by atoms with van der Waals surface area (Å²) in [7, 11) is 0. The van der Waals surface area contributed by atoms with E-state index in [1.807, 2.05) is 0 Å². The number of piperazine rings is 1. The van der Waals surface area contributed by atoms with Gasteiger partial charge in [0, 0.05) is 55.7 Å². The maximum Gasteiger partial charge on any atom is 0.225 e. The molecule has 1 amide bonds. The molecule has 32 heavy (non-hydrogen) atoms. The molecule has 0 N–H and O–H groups in total. The van der Waals surface area contributed by atoms with E-state index in [0.29, 0.717) is 11.8 Å². The van der Waals surface area contributed by atoms with E-state index in [-0.39, 0.29) is 5.92 Å². The predicted molar refractivity (Wildman–Crippen MR) is 130 cm³/mol. The van der Waals surface area contributed by atoms with Crippen LogP contribution in [0.5, 0.6) is 0 Å². The number of nitrogens with zero attached hydrogens (tertiary/aromatic N) is 4. The first-order valence-electron chi connectivity index (χ1n) is 12.3. The summed E-state index contributed by atoms with van der Waals surface area (Å²) in [4.78, 5) is 27.2. The Balaban J connectivity index is 1.62. The number of benzene rings is 1. The molecule has 1 atom stereocenters. The second-order valence-corrected chi connectivity index (χ2v) is 9.83. The smallest absolute Gasteiger partial charge is 0.225 e. The topological polar surface area (TPSA) is 49.3 Å². The van der Waals surface area contributed by atoms with E-state index < -0.39 is 0 Å². The third kappa shape index (κ3) is 4.67. The number of anilines is 1. The molecule has 5 heteroatoms. The zero-order valence-electron chi connectivity index (χ0n) is 20.4. The Hall–Kier alpha value is -2.43. The van der Waals surface area contributed by atoms with Crippen LogP contribution in [0.1, 0.15) is 79.2 Å². The summed E-state index contributed by atoms with van der Waals surface area (Å²) in [5.41, 5.74) is 6.24. The molecule has 0 bridgehead atoms. The highest BCUT2D eigenvalue weighted by Gasteiger charge is 2.32. The van der Waals surface area contributed by atoms with Gasteiger partial charge in [-0.25, -0.2) is 9.97 Å². The highest BCUT2D eigenvalue weighted by Crippen LogP contribution is 2.31. The van der Waals surface area contributed by atoms with E-state index in [2.05, 4.69) is 62.6 Å². The number of aryl methyl sites for hydroxylation is 3. The van der Waals surface area contributed by atoms with Crippen LogP contribution >= 0.6 is 0 Å². The van der Waals surface area contributed by atoms with E-state index >= 15 is 0 Å². The molecule has 4 rings (SSSR count). The molecule has 2 fully saturated rings. The molecule has 1 aliphatic carbocycles. The average Bonchev–Trinajstić information content (AvgIpc) is 2.75. The van der Waals surface area contributed by atoms with Gasteiger partial charge in [0.1, 0.15) is 11.6 Å². The molecule has 1 saturated heterocycles. The van der Waals surface area contributed by atoms with Gasteiger partial charge in [0.2, 0.25) is 5.91 Å². The SMILES string of the molecule is CC[C@H](C)c1nc(C)c(Cc2cc(C)ccc2C)c(N2CCN(C(=O)C3CCC3)CC2)n1. The summed E-state index contributed by atoms with van der Waals surface area (Å²) in [6.45, 7) is 14.1. The van der Waals surface area contributed by atoms with Gasteiger partial charge in [-0.15, -0.1) is 0 Å². The van der Waals surface area contributed by atoms with Crippen molar-refractivity contribution in [3.63, 3.8) is 0 Å². The van der Waals surface area contributed by atoms with Crippen molar-refractivity contribution in [1.82, 2.24) is 14.9 Å². The van der Waals surface area contributed by atoms with Crippen LogP contribution in [-0.4, -0.2) is 47.0 Å². The predicted octanol–water partition coefficient (Wildman–Crippen LogP) is 4.95. The minimum absolute atomic E-state index is 0.278. The highest BCUT2D eigenvalue weighted by atomic mass is 16.2. The van der Waals surface area contributed by atoms with Gasteiger partial charge < -0.3 is 9.80 Å². The van der Waals surface area contributed by atoms with E-state index in [1.54, 1.807) is 0 Å². The molecule has 0 spiro atoms. The van der Waals surface area contributed by atoms with E-state index in [4.69, 9.17) is 9.97 Å². The van der Waals surface area contributed by atoms with Gasteiger partial charge in [0.15, 0.2) is 0 Å². The molecule has 2 aromatic rings. The Kier molecular flexibility index (Phi) is 6.82. The first-order valence-corrected chi connectivity index (χ1v) is 12.3. The third-order valence-corrected chi connectivity index (χ3v) is 7.48. The number of aromatic nitrogens is 2. The van der Waals surface area contributed by atoms with E-state index in [9.17, 15) is 4.79 Å². The molecular formula is C27H38N4O. The van der Waals surface area contributed by atoms with Crippen LogP contribution in [0.4, 0.5) is 5.82 Å². The molecule has 0 radical (unpaired) electrons. The number of carbonyl (C=O) groups is 1. The Morgan fingerprint density at radius 2 is 1.81 bits per heavy atom. The summed E-state index contributed by atoms with van der Waals surface area (Å²) >= 11 is 0. The van der Waals surface area contributed by atoms with Crippen molar-refractivity contribution >= 4 is 11.7 Å². The Morgan fingerprint density at radius 3 is 2.44 bits per heavy atom. The molecule has 2 aliphatic rings. The van der Waals surface area contributed by atoms with Crippen molar-refractivity contribution in [2.75, 3.05) is 31.1 Å². The number of carbonyl (C=O) groups excluding carboxylic acids is 1. The zero-order chi connectivity index (χ0) is 22.8. The molecular weight excluding hydrogens is 396 g/mol.